The van der Waals surface area contributed by atoms with Crippen molar-refractivity contribution in [2.45, 2.75) is 44.9 Å². The first-order valence-electron chi connectivity index (χ1n) is 14.6. The van der Waals surface area contributed by atoms with E-state index in [1.54, 1.807) is 19.1 Å². The first kappa shape index (κ1) is 28.9. The second-order valence-electron chi connectivity index (χ2n) is 10.9. The number of hydrazine groups is 1. The van der Waals surface area contributed by atoms with Gasteiger partial charge in [0.2, 0.25) is 5.88 Å². The molecule has 3 aromatic carbocycles. The lowest BCUT2D eigenvalue weighted by Crippen LogP contribution is -2.40. The Morgan fingerprint density at radius 1 is 1.05 bits per heavy atom. The lowest BCUT2D eigenvalue weighted by Gasteiger charge is -2.28. The van der Waals surface area contributed by atoms with E-state index in [0.717, 1.165) is 28.3 Å². The number of aromatic nitrogens is 1. The minimum absolute atomic E-state index is 0.0347. The molecule has 1 atom stereocenters. The van der Waals surface area contributed by atoms with E-state index in [1.807, 2.05) is 70.2 Å². The molecule has 0 spiro atoms. The van der Waals surface area contributed by atoms with Crippen LogP contribution in [0, 0.1) is 0 Å². The Kier molecular flexibility index (Phi) is 8.23. The lowest BCUT2D eigenvalue weighted by atomic mass is 9.96. The SMILES string of the molecule is CN1C(OC(F)F)=C2c3cccc4c(CCCOc5cccc6ccccc56)c(C(=O)O)n(c34)CCCCOCC2N1C. The van der Waals surface area contributed by atoms with Gasteiger partial charge in [0.05, 0.1) is 24.8 Å². The summed E-state index contributed by atoms with van der Waals surface area (Å²) >= 11 is 0. The van der Waals surface area contributed by atoms with Gasteiger partial charge in [-0.15, -0.1) is 0 Å². The predicted octanol–water partition coefficient (Wildman–Crippen LogP) is 6.38. The molecule has 4 aromatic rings. The quantitative estimate of drug-likeness (QED) is 0.238. The number of halogens is 2. The van der Waals surface area contributed by atoms with E-state index in [1.165, 1.54) is 0 Å². The Morgan fingerprint density at radius 3 is 2.63 bits per heavy atom. The summed E-state index contributed by atoms with van der Waals surface area (Å²) < 4.78 is 46.4. The Bertz CT molecular complexity index is 1680. The molecule has 0 saturated heterocycles. The summed E-state index contributed by atoms with van der Waals surface area (Å²) in [5.41, 5.74) is 2.87. The Morgan fingerprint density at radius 2 is 1.81 bits per heavy atom. The average Bonchev–Trinajstić information content (AvgIpc) is 3.42. The Labute approximate surface area is 248 Å². The number of likely N-dealkylation sites (N-methyl/N-ethyl adjacent to an activating group) is 1. The highest BCUT2D eigenvalue weighted by Crippen LogP contribution is 2.41. The number of benzene rings is 3. The summed E-state index contributed by atoms with van der Waals surface area (Å²) in [4.78, 5) is 12.8. The van der Waals surface area contributed by atoms with Crippen LogP contribution in [0.1, 0.15) is 40.9 Å². The molecular formula is C33H35F2N3O5. The van der Waals surface area contributed by atoms with Gasteiger partial charge in [-0.2, -0.15) is 8.78 Å². The number of aryl methyl sites for hydroxylation is 2. The van der Waals surface area contributed by atoms with Crippen LogP contribution in [0.2, 0.25) is 0 Å². The van der Waals surface area contributed by atoms with Gasteiger partial charge in [-0.1, -0.05) is 54.6 Å². The van der Waals surface area contributed by atoms with Crippen molar-refractivity contribution in [2.24, 2.45) is 0 Å². The van der Waals surface area contributed by atoms with Gasteiger partial charge in [-0.3, -0.25) is 5.01 Å². The molecule has 3 heterocycles. The van der Waals surface area contributed by atoms with Crippen LogP contribution < -0.4 is 4.74 Å². The van der Waals surface area contributed by atoms with Crippen LogP contribution in [0.3, 0.4) is 0 Å². The zero-order chi connectivity index (χ0) is 30.1. The van der Waals surface area contributed by atoms with Crippen molar-refractivity contribution in [2.75, 3.05) is 33.9 Å². The number of fused-ring (bicyclic) bond motifs is 3. The van der Waals surface area contributed by atoms with Gasteiger partial charge in [0.15, 0.2) is 0 Å². The van der Waals surface area contributed by atoms with E-state index in [2.05, 4.69) is 0 Å². The van der Waals surface area contributed by atoms with Gasteiger partial charge in [-0.05, 0) is 42.7 Å². The first-order chi connectivity index (χ1) is 20.9. The normalized spacial score (nSPS) is 17.9. The minimum Gasteiger partial charge on any atom is -0.493 e. The van der Waals surface area contributed by atoms with Crippen LogP contribution in [-0.4, -0.2) is 72.2 Å². The maximum atomic E-state index is 13.7. The van der Waals surface area contributed by atoms with Crippen molar-refractivity contribution in [3.63, 3.8) is 0 Å². The molecule has 0 fully saturated rings. The number of carboxylic acids is 1. The highest BCUT2D eigenvalue weighted by molar-refractivity contribution is 6.03. The van der Waals surface area contributed by atoms with E-state index in [-0.39, 0.29) is 18.2 Å². The molecule has 226 valence electrons. The number of ether oxygens (including phenoxy) is 3. The van der Waals surface area contributed by atoms with Crippen LogP contribution in [0.5, 0.6) is 5.75 Å². The molecule has 0 radical (unpaired) electrons. The molecule has 2 aliphatic heterocycles. The summed E-state index contributed by atoms with van der Waals surface area (Å²) in [5.74, 6) is -0.196. The van der Waals surface area contributed by atoms with Gasteiger partial charge in [0, 0.05) is 49.2 Å². The zero-order valence-corrected chi connectivity index (χ0v) is 24.3. The topological polar surface area (TPSA) is 76.4 Å². The van der Waals surface area contributed by atoms with Crippen molar-refractivity contribution < 1.29 is 32.9 Å². The molecule has 0 aliphatic carbocycles. The largest absolute Gasteiger partial charge is 0.493 e. The molecule has 1 N–H and O–H groups in total. The van der Waals surface area contributed by atoms with Gasteiger partial charge in [0.25, 0.3) is 0 Å². The number of carboxylic acid groups (broad SMARTS) is 1. The van der Waals surface area contributed by atoms with Gasteiger partial charge >= 0.3 is 12.6 Å². The molecule has 6 rings (SSSR count). The van der Waals surface area contributed by atoms with Crippen LogP contribution >= 0.6 is 0 Å². The van der Waals surface area contributed by atoms with Gasteiger partial charge < -0.3 is 23.9 Å². The summed E-state index contributed by atoms with van der Waals surface area (Å²) in [6, 6.07) is 19.2. The summed E-state index contributed by atoms with van der Waals surface area (Å²) in [6.07, 6.45) is 2.52. The monoisotopic (exact) mass is 591 g/mol. The molecular weight excluding hydrogens is 556 g/mol. The van der Waals surface area contributed by atoms with Gasteiger partial charge in [-0.25, -0.2) is 9.80 Å². The lowest BCUT2D eigenvalue weighted by molar-refractivity contribution is -0.134. The highest BCUT2D eigenvalue weighted by atomic mass is 19.3. The number of aromatic carboxylic acids is 1. The number of hydrogen-bond donors (Lipinski definition) is 1. The maximum Gasteiger partial charge on any atom is 0.388 e. The third-order valence-electron chi connectivity index (χ3n) is 8.44. The van der Waals surface area contributed by atoms with E-state index in [0.29, 0.717) is 61.2 Å². The standard InChI is InChI=1S/C33H35F2N3O5/c1-36-26-20-41-18-6-5-17-38-29-23(13-8-14-25(29)28(26)31(37(36)2)43-33(34)35)24(30(38)32(39)40)15-9-19-42-27-16-7-11-21-10-3-4-12-22(21)27/h3-4,7-8,10-14,16,26,33H,5-6,9,15,17-20H2,1-2H3,(H,39,40). The van der Waals surface area contributed by atoms with Crippen LogP contribution in [0.4, 0.5) is 8.78 Å². The second-order valence-corrected chi connectivity index (χ2v) is 10.9. The molecule has 0 amide bonds. The predicted molar refractivity (Wildman–Crippen MR) is 160 cm³/mol. The highest BCUT2D eigenvalue weighted by Gasteiger charge is 2.40. The zero-order valence-electron chi connectivity index (χ0n) is 24.3. The Balaban J connectivity index is 1.42. The fourth-order valence-corrected chi connectivity index (χ4v) is 6.41. The van der Waals surface area contributed by atoms with E-state index >= 15 is 0 Å². The van der Waals surface area contributed by atoms with Gasteiger partial charge in [0.1, 0.15) is 11.4 Å². The van der Waals surface area contributed by atoms with Crippen LogP contribution in [-0.2, 0) is 22.4 Å². The van der Waals surface area contributed by atoms with Crippen molar-refractivity contribution in [3.8, 4) is 5.75 Å². The molecule has 43 heavy (non-hydrogen) atoms. The van der Waals surface area contributed by atoms with E-state index < -0.39 is 18.6 Å². The summed E-state index contributed by atoms with van der Waals surface area (Å²) in [7, 11) is 3.48. The number of rotatable bonds is 8. The van der Waals surface area contributed by atoms with Crippen LogP contribution in [0.25, 0.3) is 27.2 Å². The Hall–Kier alpha value is -4.15. The molecule has 1 unspecified atom stereocenters. The maximum absolute atomic E-state index is 13.7. The summed E-state index contributed by atoms with van der Waals surface area (Å²) in [5, 5.41) is 16.8. The van der Waals surface area contributed by atoms with Crippen molar-refractivity contribution in [1.29, 1.82) is 0 Å². The fourth-order valence-electron chi connectivity index (χ4n) is 6.41. The third-order valence-corrected chi connectivity index (χ3v) is 8.44. The minimum atomic E-state index is -3.02. The van der Waals surface area contributed by atoms with Crippen molar-refractivity contribution in [3.05, 3.63) is 83.4 Å². The number of hydrogen-bond acceptors (Lipinski definition) is 6. The van der Waals surface area contributed by atoms with E-state index in [4.69, 9.17) is 14.2 Å². The molecule has 2 aliphatic rings. The van der Waals surface area contributed by atoms with Crippen molar-refractivity contribution >= 4 is 33.2 Å². The molecule has 1 aromatic heterocycles. The number of para-hydroxylation sites is 1. The smallest absolute Gasteiger partial charge is 0.388 e. The number of nitrogens with zero attached hydrogens (tertiary/aromatic N) is 3. The second kappa shape index (κ2) is 12.2. The molecule has 8 nitrogen and oxygen atoms in total. The summed E-state index contributed by atoms with van der Waals surface area (Å²) in [6.45, 7) is -1.39. The average molecular weight is 592 g/mol. The molecule has 10 heteroatoms. The number of alkyl halides is 2. The molecule has 0 saturated carbocycles. The number of carbonyl (C=O) groups is 1. The van der Waals surface area contributed by atoms with E-state index in [9.17, 15) is 18.7 Å². The fraction of sp³-hybridized carbons (Fsp3) is 0.364. The van der Waals surface area contributed by atoms with Crippen LogP contribution in [0.15, 0.2) is 66.5 Å². The first-order valence-corrected chi connectivity index (χ1v) is 14.6. The third kappa shape index (κ3) is 5.41. The van der Waals surface area contributed by atoms with Crippen molar-refractivity contribution in [1.82, 2.24) is 14.6 Å². The molecule has 0 bridgehead atoms.